The molecular weight excluding hydrogens is 303 g/mol. The summed E-state index contributed by atoms with van der Waals surface area (Å²) in [6.07, 6.45) is 6.41. The van der Waals surface area contributed by atoms with E-state index in [1.807, 2.05) is 30.4 Å². The van der Waals surface area contributed by atoms with Gasteiger partial charge in [0.1, 0.15) is 0 Å². The summed E-state index contributed by atoms with van der Waals surface area (Å²) in [7, 11) is 0. The van der Waals surface area contributed by atoms with Crippen molar-refractivity contribution in [2.24, 2.45) is 0 Å². The van der Waals surface area contributed by atoms with E-state index in [0.29, 0.717) is 6.42 Å². The Morgan fingerprint density at radius 2 is 2.06 bits per heavy atom. The Labute approximate surface area is 114 Å². The van der Waals surface area contributed by atoms with Crippen LogP contribution in [0.1, 0.15) is 24.8 Å². The zero-order chi connectivity index (χ0) is 12.7. The molecule has 1 aromatic carbocycles. The van der Waals surface area contributed by atoms with Gasteiger partial charge in [0.15, 0.2) is 0 Å². The number of rotatable bonds is 6. The Bertz CT molecular complexity index is 416. The molecule has 0 atom stereocenters. The van der Waals surface area contributed by atoms with Crippen LogP contribution in [0.3, 0.4) is 0 Å². The fraction of sp³-hybridized carbons (Fsp3) is 0.308. The van der Waals surface area contributed by atoms with Gasteiger partial charge in [0, 0.05) is 15.9 Å². The van der Waals surface area contributed by atoms with Gasteiger partial charge >= 0.3 is 5.97 Å². The van der Waals surface area contributed by atoms with Crippen molar-refractivity contribution >= 4 is 33.5 Å². The lowest BCUT2D eigenvalue weighted by molar-refractivity contribution is -0.136. The average Bonchev–Trinajstić information content (AvgIpc) is 2.27. The third-order valence-electron chi connectivity index (χ3n) is 2.28. The smallest absolute Gasteiger partial charge is 0.303 e. The van der Waals surface area contributed by atoms with Crippen LogP contribution >= 0.6 is 27.5 Å². The Balaban J connectivity index is 2.35. The van der Waals surface area contributed by atoms with Crippen molar-refractivity contribution < 1.29 is 9.90 Å². The molecule has 0 aliphatic heterocycles. The summed E-state index contributed by atoms with van der Waals surface area (Å²) in [5, 5.41) is 9.23. The van der Waals surface area contributed by atoms with Crippen molar-refractivity contribution in [1.29, 1.82) is 0 Å². The van der Waals surface area contributed by atoms with Crippen LogP contribution in [0.15, 0.2) is 34.8 Å². The zero-order valence-corrected chi connectivity index (χ0v) is 11.7. The molecule has 17 heavy (non-hydrogen) atoms. The molecule has 1 aromatic rings. The highest BCUT2D eigenvalue weighted by molar-refractivity contribution is 9.10. The molecule has 1 N–H and O–H groups in total. The monoisotopic (exact) mass is 316 g/mol. The number of hydrogen-bond acceptors (Lipinski definition) is 1. The van der Waals surface area contributed by atoms with E-state index in [4.69, 9.17) is 16.7 Å². The minimum atomic E-state index is -0.760. The molecule has 0 spiro atoms. The minimum absolute atomic E-state index is 0.189. The molecule has 0 aliphatic rings. The van der Waals surface area contributed by atoms with E-state index in [1.165, 1.54) is 0 Å². The first-order valence-corrected chi connectivity index (χ1v) is 6.57. The molecule has 0 radical (unpaired) electrons. The minimum Gasteiger partial charge on any atom is -0.481 e. The van der Waals surface area contributed by atoms with Gasteiger partial charge < -0.3 is 5.11 Å². The van der Waals surface area contributed by atoms with E-state index in [9.17, 15) is 4.79 Å². The van der Waals surface area contributed by atoms with E-state index < -0.39 is 5.97 Å². The highest BCUT2D eigenvalue weighted by atomic mass is 79.9. The van der Waals surface area contributed by atoms with Gasteiger partial charge in [-0.3, -0.25) is 4.79 Å². The normalized spacial score (nSPS) is 10.9. The number of carboxylic acids is 1. The van der Waals surface area contributed by atoms with Crippen molar-refractivity contribution in [2.75, 3.05) is 0 Å². The maximum Gasteiger partial charge on any atom is 0.303 e. The standard InChI is InChI=1S/C13H14BrClO2/c14-11-7-8-12(15)10(9-11)5-3-1-2-4-6-13(16)17/h1-2,7-9H,3-6H2,(H,16,17)/b2-1+. The quantitative estimate of drug-likeness (QED) is 0.787. The summed E-state index contributed by atoms with van der Waals surface area (Å²) >= 11 is 9.46. The predicted molar refractivity (Wildman–Crippen MR) is 73.5 cm³/mol. The lowest BCUT2D eigenvalue weighted by Gasteiger charge is -2.02. The first-order valence-electron chi connectivity index (χ1n) is 5.40. The molecule has 0 unspecified atom stereocenters. The van der Waals surface area contributed by atoms with Crippen molar-refractivity contribution in [2.45, 2.75) is 25.7 Å². The van der Waals surface area contributed by atoms with E-state index in [0.717, 1.165) is 27.9 Å². The zero-order valence-electron chi connectivity index (χ0n) is 9.33. The van der Waals surface area contributed by atoms with Crippen LogP contribution in [0.2, 0.25) is 5.02 Å². The van der Waals surface area contributed by atoms with Crippen LogP contribution in [0.25, 0.3) is 0 Å². The molecular formula is C13H14BrClO2. The molecule has 0 aliphatic carbocycles. The van der Waals surface area contributed by atoms with E-state index in [1.54, 1.807) is 0 Å². The second-order valence-electron chi connectivity index (χ2n) is 3.68. The Hall–Kier alpha value is -0.800. The maximum atomic E-state index is 10.3. The van der Waals surface area contributed by atoms with Crippen molar-refractivity contribution in [3.63, 3.8) is 0 Å². The number of aliphatic carboxylic acids is 1. The van der Waals surface area contributed by atoms with Gasteiger partial charge in [-0.2, -0.15) is 0 Å². The van der Waals surface area contributed by atoms with Gasteiger partial charge in [-0.05, 0) is 43.0 Å². The topological polar surface area (TPSA) is 37.3 Å². The lowest BCUT2D eigenvalue weighted by Crippen LogP contribution is -1.91. The molecule has 0 heterocycles. The fourth-order valence-electron chi connectivity index (χ4n) is 1.42. The third-order valence-corrected chi connectivity index (χ3v) is 3.14. The first-order chi connectivity index (χ1) is 8.09. The number of hydrogen-bond donors (Lipinski definition) is 1. The molecule has 0 bridgehead atoms. The summed E-state index contributed by atoms with van der Waals surface area (Å²) in [4.78, 5) is 10.3. The Morgan fingerprint density at radius 1 is 1.35 bits per heavy atom. The summed E-state index contributed by atoms with van der Waals surface area (Å²) in [5.74, 6) is -0.760. The number of carboxylic acid groups (broad SMARTS) is 1. The van der Waals surface area contributed by atoms with Gasteiger partial charge in [-0.25, -0.2) is 0 Å². The average molecular weight is 318 g/mol. The van der Waals surface area contributed by atoms with Crippen LogP contribution in [0.4, 0.5) is 0 Å². The van der Waals surface area contributed by atoms with Crippen LogP contribution in [0, 0.1) is 0 Å². The SMILES string of the molecule is O=C(O)CC/C=C/CCc1cc(Br)ccc1Cl. The van der Waals surface area contributed by atoms with Crippen LogP contribution in [-0.4, -0.2) is 11.1 Å². The van der Waals surface area contributed by atoms with E-state index >= 15 is 0 Å². The Morgan fingerprint density at radius 3 is 2.76 bits per heavy atom. The van der Waals surface area contributed by atoms with Crippen LogP contribution < -0.4 is 0 Å². The molecule has 0 saturated carbocycles. The maximum absolute atomic E-state index is 10.3. The van der Waals surface area contributed by atoms with E-state index in [2.05, 4.69) is 15.9 Å². The van der Waals surface area contributed by atoms with Crippen LogP contribution in [0.5, 0.6) is 0 Å². The molecule has 0 saturated heterocycles. The highest BCUT2D eigenvalue weighted by Crippen LogP contribution is 2.22. The van der Waals surface area contributed by atoms with Gasteiger partial charge in [-0.1, -0.05) is 39.7 Å². The lowest BCUT2D eigenvalue weighted by atomic mass is 10.1. The summed E-state index contributed by atoms with van der Waals surface area (Å²) < 4.78 is 1.02. The molecule has 92 valence electrons. The fourth-order valence-corrected chi connectivity index (χ4v) is 2.04. The van der Waals surface area contributed by atoms with Gasteiger partial charge in [0.05, 0.1) is 0 Å². The molecule has 0 aromatic heterocycles. The number of aryl methyl sites for hydroxylation is 1. The first kappa shape index (κ1) is 14.3. The largest absolute Gasteiger partial charge is 0.481 e. The second kappa shape index (κ2) is 7.51. The van der Waals surface area contributed by atoms with Gasteiger partial charge in [-0.15, -0.1) is 0 Å². The number of halogens is 2. The summed E-state index contributed by atoms with van der Waals surface area (Å²) in [6.45, 7) is 0. The molecule has 1 rings (SSSR count). The third kappa shape index (κ3) is 5.89. The predicted octanol–water partition coefficient (Wildman–Crippen LogP) is 4.46. The van der Waals surface area contributed by atoms with Gasteiger partial charge in [0.2, 0.25) is 0 Å². The van der Waals surface area contributed by atoms with Crippen LogP contribution in [-0.2, 0) is 11.2 Å². The highest BCUT2D eigenvalue weighted by Gasteiger charge is 1.99. The number of benzene rings is 1. The van der Waals surface area contributed by atoms with Gasteiger partial charge in [0.25, 0.3) is 0 Å². The van der Waals surface area contributed by atoms with Crippen molar-refractivity contribution in [3.05, 3.63) is 45.4 Å². The molecule has 0 fully saturated rings. The number of carbonyl (C=O) groups is 1. The van der Waals surface area contributed by atoms with E-state index in [-0.39, 0.29) is 6.42 Å². The molecule has 2 nitrogen and oxygen atoms in total. The summed E-state index contributed by atoms with van der Waals surface area (Å²) in [5.41, 5.74) is 1.10. The second-order valence-corrected chi connectivity index (χ2v) is 5.00. The van der Waals surface area contributed by atoms with Crippen molar-refractivity contribution in [3.8, 4) is 0 Å². The van der Waals surface area contributed by atoms with Crippen molar-refractivity contribution in [1.82, 2.24) is 0 Å². The Kier molecular flexibility index (Phi) is 6.30. The number of allylic oxidation sites excluding steroid dienone is 2. The molecule has 0 amide bonds. The molecule has 4 heteroatoms. The summed E-state index contributed by atoms with van der Waals surface area (Å²) in [6, 6.07) is 5.79.